The van der Waals surface area contributed by atoms with Gasteiger partial charge in [0.25, 0.3) is 0 Å². The van der Waals surface area contributed by atoms with Gasteiger partial charge in [0.05, 0.1) is 26.1 Å². The molecule has 1 aromatic heterocycles. The molecule has 0 fully saturated rings. The highest BCUT2D eigenvalue weighted by Crippen LogP contribution is 2.35. The zero-order valence-electron chi connectivity index (χ0n) is 13.1. The molecular formula is C16H23N3O3. The summed E-state index contributed by atoms with van der Waals surface area (Å²) in [5.41, 5.74) is 0. The molecule has 0 aliphatic rings. The van der Waals surface area contributed by atoms with Crippen molar-refractivity contribution in [3.05, 3.63) is 36.7 Å². The summed E-state index contributed by atoms with van der Waals surface area (Å²) in [6.07, 6.45) is 7.82. The molecule has 0 radical (unpaired) electrons. The maximum absolute atomic E-state index is 9.53. The molecule has 0 spiro atoms. The van der Waals surface area contributed by atoms with E-state index in [1.54, 1.807) is 36.7 Å². The molecule has 120 valence electrons. The van der Waals surface area contributed by atoms with Gasteiger partial charge in [-0.3, -0.25) is 0 Å². The molecule has 0 amide bonds. The lowest BCUT2D eigenvalue weighted by atomic mass is 10.2. The average Bonchev–Trinajstić information content (AvgIpc) is 2.57. The zero-order chi connectivity index (χ0) is 16.0. The van der Waals surface area contributed by atoms with Crippen molar-refractivity contribution in [2.45, 2.75) is 32.6 Å². The van der Waals surface area contributed by atoms with Crippen LogP contribution in [0, 0.1) is 0 Å². The number of phenols is 1. The van der Waals surface area contributed by atoms with Crippen molar-refractivity contribution in [2.75, 3.05) is 13.7 Å². The second-order valence-electron chi connectivity index (χ2n) is 4.53. The van der Waals surface area contributed by atoms with Gasteiger partial charge in [-0.1, -0.05) is 32.3 Å². The van der Waals surface area contributed by atoms with Crippen LogP contribution in [0.1, 0.15) is 32.6 Å². The Kier molecular flexibility index (Phi) is 9.09. The van der Waals surface area contributed by atoms with Gasteiger partial charge in [0.15, 0.2) is 11.5 Å². The molecule has 22 heavy (non-hydrogen) atoms. The Bertz CT molecular complexity index is 483. The maximum Gasteiger partial charge on any atom is 0.203 e. The largest absolute Gasteiger partial charge is 0.504 e. The summed E-state index contributed by atoms with van der Waals surface area (Å²) < 4.78 is 10.6. The van der Waals surface area contributed by atoms with Gasteiger partial charge in [-0.25, -0.2) is 0 Å². The second-order valence-corrected chi connectivity index (χ2v) is 4.53. The van der Waals surface area contributed by atoms with Crippen molar-refractivity contribution in [1.29, 1.82) is 0 Å². The third kappa shape index (κ3) is 6.88. The molecule has 0 bridgehead atoms. The lowest BCUT2D eigenvalue weighted by molar-refractivity contribution is 0.278. The first kappa shape index (κ1) is 17.7. The fourth-order valence-electron chi connectivity index (χ4n) is 1.74. The summed E-state index contributed by atoms with van der Waals surface area (Å²) in [6.45, 7) is 2.85. The first-order valence-electron chi connectivity index (χ1n) is 7.36. The Morgan fingerprint density at radius 2 is 1.82 bits per heavy atom. The molecule has 1 heterocycles. The fourth-order valence-corrected chi connectivity index (χ4v) is 1.74. The Morgan fingerprint density at radius 1 is 1.05 bits per heavy atom. The van der Waals surface area contributed by atoms with Gasteiger partial charge in [-0.05, 0) is 29.8 Å². The number of nitrogens with zero attached hydrogens (tertiary/aromatic N) is 3. The normalized spacial score (nSPS) is 9.55. The Balaban J connectivity index is 0.000000335. The molecule has 1 N–H and O–H groups in total. The average molecular weight is 305 g/mol. The van der Waals surface area contributed by atoms with E-state index in [-0.39, 0.29) is 5.75 Å². The number of phenolic OH excluding ortho intramolecular Hbond substituents is 1. The smallest absolute Gasteiger partial charge is 0.203 e. The number of hydrogen-bond acceptors (Lipinski definition) is 6. The minimum atomic E-state index is 0.119. The first-order chi connectivity index (χ1) is 10.8. The summed E-state index contributed by atoms with van der Waals surface area (Å²) in [5.74, 6) is 1.14. The first-order valence-corrected chi connectivity index (χ1v) is 7.36. The maximum atomic E-state index is 9.53. The number of rotatable bonds is 7. The molecule has 0 aliphatic carbocycles. The van der Waals surface area contributed by atoms with E-state index in [0.29, 0.717) is 18.1 Å². The molecule has 0 saturated carbocycles. The highest BCUT2D eigenvalue weighted by Gasteiger charge is 2.08. The van der Waals surface area contributed by atoms with E-state index in [9.17, 15) is 5.11 Å². The molecule has 0 atom stereocenters. The number of aromatic nitrogens is 3. The van der Waals surface area contributed by atoms with Crippen LogP contribution in [-0.4, -0.2) is 34.2 Å². The number of ether oxygens (including phenoxy) is 2. The van der Waals surface area contributed by atoms with Crippen molar-refractivity contribution in [1.82, 2.24) is 15.4 Å². The third-order valence-electron chi connectivity index (χ3n) is 2.83. The molecule has 1 aromatic carbocycles. The quantitative estimate of drug-likeness (QED) is 0.791. The summed E-state index contributed by atoms with van der Waals surface area (Å²) in [4.78, 5) is 0. The van der Waals surface area contributed by atoms with Crippen LogP contribution >= 0.6 is 0 Å². The van der Waals surface area contributed by atoms with Gasteiger partial charge in [0, 0.05) is 0 Å². The van der Waals surface area contributed by atoms with Crippen LogP contribution in [0.5, 0.6) is 17.2 Å². The monoisotopic (exact) mass is 305 g/mol. The second kappa shape index (κ2) is 11.3. The van der Waals surface area contributed by atoms with E-state index < -0.39 is 0 Å². The Labute approximate surface area is 131 Å². The number of methoxy groups -OCH3 is 1. The van der Waals surface area contributed by atoms with Crippen LogP contribution in [0.25, 0.3) is 0 Å². The van der Waals surface area contributed by atoms with E-state index in [0.717, 1.165) is 6.42 Å². The minimum Gasteiger partial charge on any atom is -0.504 e. The van der Waals surface area contributed by atoms with Gasteiger partial charge >= 0.3 is 0 Å². The van der Waals surface area contributed by atoms with Crippen molar-refractivity contribution >= 4 is 0 Å². The van der Waals surface area contributed by atoms with Crippen LogP contribution in [0.15, 0.2) is 36.7 Å². The molecule has 0 aliphatic heterocycles. The predicted octanol–water partition coefficient (Wildman–Crippen LogP) is 3.23. The predicted molar refractivity (Wildman–Crippen MR) is 84.1 cm³/mol. The van der Waals surface area contributed by atoms with Crippen molar-refractivity contribution < 1.29 is 14.6 Å². The standard InChI is InChI=1S/C13H20O3.C3H3N3/c1-3-4-5-6-10-16-12-9-7-8-11(14)13(12)15-2;1-2-4-6-5-3-1/h7-9,14H,3-6,10H2,1-2H3;1-3H. The number of para-hydroxylation sites is 1. The Morgan fingerprint density at radius 3 is 2.36 bits per heavy atom. The van der Waals surface area contributed by atoms with E-state index in [1.165, 1.54) is 26.4 Å². The number of aromatic hydroxyl groups is 1. The van der Waals surface area contributed by atoms with Crippen LogP contribution in [0.4, 0.5) is 0 Å². The minimum absolute atomic E-state index is 0.119. The summed E-state index contributed by atoms with van der Waals surface area (Å²) in [6, 6.07) is 6.85. The van der Waals surface area contributed by atoms with Gasteiger partial charge in [0.2, 0.25) is 5.75 Å². The lowest BCUT2D eigenvalue weighted by Gasteiger charge is -2.11. The molecule has 2 aromatic rings. The number of benzene rings is 1. The molecule has 0 saturated heterocycles. The zero-order valence-corrected chi connectivity index (χ0v) is 13.1. The summed E-state index contributed by atoms with van der Waals surface area (Å²) in [5, 5.41) is 19.7. The van der Waals surface area contributed by atoms with Gasteiger partial charge in [-0.15, -0.1) is 10.2 Å². The molecule has 6 heteroatoms. The molecule has 0 unspecified atom stereocenters. The highest BCUT2D eigenvalue weighted by molar-refractivity contribution is 5.50. The van der Waals surface area contributed by atoms with E-state index in [2.05, 4.69) is 22.3 Å². The van der Waals surface area contributed by atoms with Gasteiger partial charge < -0.3 is 14.6 Å². The summed E-state index contributed by atoms with van der Waals surface area (Å²) in [7, 11) is 1.53. The highest BCUT2D eigenvalue weighted by atomic mass is 16.5. The van der Waals surface area contributed by atoms with Crippen LogP contribution in [0.2, 0.25) is 0 Å². The topological polar surface area (TPSA) is 77.4 Å². The van der Waals surface area contributed by atoms with Crippen molar-refractivity contribution in [3.63, 3.8) is 0 Å². The Hall–Kier alpha value is -2.37. The molecule has 6 nitrogen and oxygen atoms in total. The lowest BCUT2D eigenvalue weighted by Crippen LogP contribution is -1.99. The van der Waals surface area contributed by atoms with Crippen molar-refractivity contribution in [3.8, 4) is 17.2 Å². The third-order valence-corrected chi connectivity index (χ3v) is 2.83. The van der Waals surface area contributed by atoms with Crippen LogP contribution in [-0.2, 0) is 0 Å². The SMILES string of the molecule is CCCCCCOc1cccc(O)c1OC.c1cnnnc1. The molecule has 2 rings (SSSR count). The van der Waals surface area contributed by atoms with Crippen LogP contribution < -0.4 is 9.47 Å². The van der Waals surface area contributed by atoms with E-state index >= 15 is 0 Å². The fraction of sp³-hybridized carbons (Fsp3) is 0.438. The summed E-state index contributed by atoms with van der Waals surface area (Å²) >= 11 is 0. The van der Waals surface area contributed by atoms with E-state index in [1.807, 2.05) is 0 Å². The van der Waals surface area contributed by atoms with Gasteiger partial charge in [0.1, 0.15) is 0 Å². The van der Waals surface area contributed by atoms with E-state index in [4.69, 9.17) is 9.47 Å². The number of unbranched alkanes of at least 4 members (excludes halogenated alkanes) is 3. The van der Waals surface area contributed by atoms with Crippen molar-refractivity contribution in [2.24, 2.45) is 0 Å². The van der Waals surface area contributed by atoms with Crippen LogP contribution in [0.3, 0.4) is 0 Å². The number of hydrogen-bond donors (Lipinski definition) is 1. The van der Waals surface area contributed by atoms with Gasteiger partial charge in [-0.2, -0.15) is 0 Å². The molecular weight excluding hydrogens is 282 g/mol.